The van der Waals surface area contributed by atoms with E-state index in [-0.39, 0.29) is 0 Å². The summed E-state index contributed by atoms with van der Waals surface area (Å²) in [5.74, 6) is 1.98. The van der Waals surface area contributed by atoms with Crippen LogP contribution in [0.1, 0.15) is 38.2 Å². The van der Waals surface area contributed by atoms with Gasteiger partial charge in [-0.1, -0.05) is 25.0 Å². The van der Waals surface area contributed by atoms with Gasteiger partial charge in [-0.2, -0.15) is 0 Å². The number of anilines is 1. The molecule has 1 amide bonds. The van der Waals surface area contributed by atoms with E-state index in [0.29, 0.717) is 30.2 Å². The van der Waals surface area contributed by atoms with Gasteiger partial charge in [0.15, 0.2) is 0 Å². The van der Waals surface area contributed by atoms with Crippen molar-refractivity contribution in [2.75, 3.05) is 11.4 Å². The molecule has 1 aromatic rings. The number of amides is 1. The van der Waals surface area contributed by atoms with Gasteiger partial charge in [-0.25, -0.2) is 0 Å². The van der Waals surface area contributed by atoms with Gasteiger partial charge in [0.2, 0.25) is 5.91 Å². The lowest BCUT2D eigenvalue weighted by molar-refractivity contribution is -0.120. The Morgan fingerprint density at radius 3 is 2.30 bits per heavy atom. The molecule has 108 valence electrons. The molecule has 0 aromatic heterocycles. The highest BCUT2D eigenvalue weighted by Gasteiger charge is 2.55. The fourth-order valence-electron chi connectivity index (χ4n) is 3.82. The van der Waals surface area contributed by atoms with E-state index in [1.807, 2.05) is 29.2 Å². The average molecular weight is 272 g/mol. The van der Waals surface area contributed by atoms with Gasteiger partial charge < -0.3 is 10.6 Å². The quantitative estimate of drug-likeness (QED) is 0.916. The number of hydrogen-bond donors (Lipinski definition) is 1. The van der Waals surface area contributed by atoms with Gasteiger partial charge in [-0.15, -0.1) is 0 Å². The Hall–Kier alpha value is -1.35. The molecule has 0 heterocycles. The molecular weight excluding hydrogens is 248 g/mol. The molecule has 2 saturated carbocycles. The van der Waals surface area contributed by atoms with Crippen LogP contribution in [0.4, 0.5) is 5.69 Å². The van der Waals surface area contributed by atoms with Crippen LogP contribution in [0.3, 0.4) is 0 Å². The molecule has 3 nitrogen and oxygen atoms in total. The number of rotatable bonds is 4. The van der Waals surface area contributed by atoms with E-state index in [1.165, 1.54) is 25.7 Å². The molecule has 2 N–H and O–H groups in total. The van der Waals surface area contributed by atoms with E-state index in [1.54, 1.807) is 0 Å². The third-order valence-electron chi connectivity index (χ3n) is 5.01. The van der Waals surface area contributed by atoms with Crippen LogP contribution in [0, 0.1) is 17.8 Å². The average Bonchev–Trinajstić information content (AvgIpc) is 3.23. The molecule has 2 aliphatic rings. The van der Waals surface area contributed by atoms with Crippen molar-refractivity contribution < 1.29 is 4.79 Å². The molecule has 1 aromatic carbocycles. The molecule has 2 unspecified atom stereocenters. The summed E-state index contributed by atoms with van der Waals surface area (Å²) < 4.78 is 0. The van der Waals surface area contributed by atoms with Crippen molar-refractivity contribution in [3.8, 4) is 0 Å². The number of nitrogens with zero attached hydrogens (tertiary/aromatic N) is 1. The summed E-state index contributed by atoms with van der Waals surface area (Å²) in [6.45, 7) is 3.35. The first-order valence-corrected chi connectivity index (χ1v) is 7.86. The summed E-state index contributed by atoms with van der Waals surface area (Å²) in [7, 11) is 0. The molecular formula is C17H24N2O. The minimum Gasteiger partial charge on any atom is -0.326 e. The molecule has 0 saturated heterocycles. The fourth-order valence-corrected chi connectivity index (χ4v) is 3.82. The summed E-state index contributed by atoms with van der Waals surface area (Å²) >= 11 is 0. The number of fused-ring (bicyclic) bond motifs is 1. The number of benzene rings is 1. The number of carbonyl (C=O) groups excluding carboxylic acids is 1. The van der Waals surface area contributed by atoms with Gasteiger partial charge in [-0.05, 0) is 49.3 Å². The minimum atomic E-state index is 0.298. The second-order valence-electron chi connectivity index (χ2n) is 6.09. The van der Waals surface area contributed by atoms with Crippen LogP contribution in [0.2, 0.25) is 0 Å². The van der Waals surface area contributed by atoms with Gasteiger partial charge in [0.05, 0.1) is 0 Å². The van der Waals surface area contributed by atoms with Gasteiger partial charge >= 0.3 is 0 Å². The molecule has 0 spiro atoms. The van der Waals surface area contributed by atoms with Gasteiger partial charge in [0, 0.05) is 24.7 Å². The molecule has 20 heavy (non-hydrogen) atoms. The Kier molecular flexibility index (Phi) is 3.79. The van der Waals surface area contributed by atoms with Crippen LogP contribution < -0.4 is 10.6 Å². The molecule has 3 heteroatoms. The van der Waals surface area contributed by atoms with Crippen molar-refractivity contribution in [2.45, 2.75) is 39.2 Å². The third kappa shape index (κ3) is 2.35. The van der Waals surface area contributed by atoms with E-state index in [0.717, 1.165) is 17.8 Å². The van der Waals surface area contributed by atoms with Crippen molar-refractivity contribution >= 4 is 11.6 Å². The van der Waals surface area contributed by atoms with E-state index >= 15 is 0 Å². The Morgan fingerprint density at radius 1 is 1.20 bits per heavy atom. The smallest absolute Gasteiger partial charge is 0.230 e. The van der Waals surface area contributed by atoms with Crippen LogP contribution in [-0.4, -0.2) is 12.5 Å². The van der Waals surface area contributed by atoms with E-state index in [9.17, 15) is 4.79 Å². The highest BCUT2D eigenvalue weighted by Crippen LogP contribution is 2.56. The van der Waals surface area contributed by atoms with Crippen LogP contribution >= 0.6 is 0 Å². The van der Waals surface area contributed by atoms with Crippen molar-refractivity contribution in [1.82, 2.24) is 0 Å². The Labute approximate surface area is 121 Å². The molecule has 2 aliphatic carbocycles. The number of nitrogens with two attached hydrogens (primary N) is 1. The second-order valence-corrected chi connectivity index (χ2v) is 6.09. The maximum absolute atomic E-state index is 12.8. The monoisotopic (exact) mass is 272 g/mol. The minimum absolute atomic E-state index is 0.298. The standard InChI is InChI=1S/C17H24N2O/c1-2-19(13-9-7-12(11-18)8-10-13)17(20)16-14-5-3-4-6-15(14)16/h7-10,14-16H,2-6,11,18H2,1H3. The predicted molar refractivity (Wildman–Crippen MR) is 81.3 cm³/mol. The number of carbonyl (C=O) groups is 1. The zero-order valence-corrected chi connectivity index (χ0v) is 12.2. The Balaban J connectivity index is 1.74. The first-order chi connectivity index (χ1) is 9.76. The van der Waals surface area contributed by atoms with E-state index in [4.69, 9.17) is 5.73 Å². The number of hydrogen-bond acceptors (Lipinski definition) is 2. The van der Waals surface area contributed by atoms with Crippen LogP contribution in [0.5, 0.6) is 0 Å². The van der Waals surface area contributed by atoms with Gasteiger partial charge in [-0.3, -0.25) is 4.79 Å². The zero-order valence-electron chi connectivity index (χ0n) is 12.2. The molecule has 0 bridgehead atoms. The largest absolute Gasteiger partial charge is 0.326 e. The van der Waals surface area contributed by atoms with Crippen molar-refractivity contribution in [3.05, 3.63) is 29.8 Å². The summed E-state index contributed by atoms with van der Waals surface area (Å²) in [6.07, 6.45) is 5.13. The topological polar surface area (TPSA) is 46.3 Å². The lowest BCUT2D eigenvalue weighted by Gasteiger charge is -2.21. The molecule has 2 fully saturated rings. The van der Waals surface area contributed by atoms with E-state index < -0.39 is 0 Å². The molecule has 0 aliphatic heterocycles. The van der Waals surface area contributed by atoms with Crippen molar-refractivity contribution in [2.24, 2.45) is 23.5 Å². The summed E-state index contributed by atoms with van der Waals surface area (Å²) in [5.41, 5.74) is 7.75. The Bertz CT molecular complexity index is 470. The highest BCUT2D eigenvalue weighted by atomic mass is 16.2. The highest BCUT2D eigenvalue weighted by molar-refractivity contribution is 5.97. The third-order valence-corrected chi connectivity index (χ3v) is 5.01. The van der Waals surface area contributed by atoms with Crippen LogP contribution in [0.25, 0.3) is 0 Å². The summed E-state index contributed by atoms with van der Waals surface area (Å²) in [6, 6.07) is 8.09. The molecule has 3 rings (SSSR count). The van der Waals surface area contributed by atoms with Crippen molar-refractivity contribution in [1.29, 1.82) is 0 Å². The zero-order chi connectivity index (χ0) is 14.1. The predicted octanol–water partition coefficient (Wildman–Crippen LogP) is 2.93. The SMILES string of the molecule is CCN(C(=O)C1C2CCCCC21)c1ccc(CN)cc1. The van der Waals surface area contributed by atoms with Crippen LogP contribution in [-0.2, 0) is 11.3 Å². The fraction of sp³-hybridized carbons (Fsp3) is 0.588. The normalized spacial score (nSPS) is 27.8. The maximum Gasteiger partial charge on any atom is 0.230 e. The summed E-state index contributed by atoms with van der Waals surface area (Å²) in [5, 5.41) is 0. The van der Waals surface area contributed by atoms with E-state index in [2.05, 4.69) is 6.92 Å². The molecule has 0 radical (unpaired) electrons. The first-order valence-electron chi connectivity index (χ1n) is 7.86. The lowest BCUT2D eigenvalue weighted by atomic mass is 10.0. The first kappa shape index (κ1) is 13.6. The van der Waals surface area contributed by atoms with Crippen molar-refractivity contribution in [3.63, 3.8) is 0 Å². The van der Waals surface area contributed by atoms with Gasteiger partial charge in [0.1, 0.15) is 0 Å². The van der Waals surface area contributed by atoms with Crippen LogP contribution in [0.15, 0.2) is 24.3 Å². The van der Waals surface area contributed by atoms with Gasteiger partial charge in [0.25, 0.3) is 0 Å². The maximum atomic E-state index is 12.8. The molecule has 2 atom stereocenters. The Morgan fingerprint density at radius 2 is 1.80 bits per heavy atom. The summed E-state index contributed by atoms with van der Waals surface area (Å²) in [4.78, 5) is 14.7. The lowest BCUT2D eigenvalue weighted by Crippen LogP contribution is -2.32. The second kappa shape index (κ2) is 5.57.